The summed E-state index contributed by atoms with van der Waals surface area (Å²) in [5.41, 5.74) is 3.91. The number of ether oxygens (including phenoxy) is 1. The molecule has 0 bridgehead atoms. The van der Waals surface area contributed by atoms with Gasteiger partial charge in [0.05, 0.1) is 6.20 Å². The van der Waals surface area contributed by atoms with Crippen LogP contribution in [0.4, 0.5) is 0 Å². The van der Waals surface area contributed by atoms with Gasteiger partial charge in [0, 0.05) is 24.4 Å². The molecule has 0 atom stereocenters. The summed E-state index contributed by atoms with van der Waals surface area (Å²) in [5.74, 6) is 3.95. The molecule has 0 unspecified atom stereocenters. The van der Waals surface area contributed by atoms with Crippen LogP contribution in [0.2, 0.25) is 0 Å². The van der Waals surface area contributed by atoms with Crippen molar-refractivity contribution in [2.24, 2.45) is 0 Å². The Morgan fingerprint density at radius 1 is 1.03 bits per heavy atom. The predicted molar refractivity (Wildman–Crippen MR) is 124 cm³/mol. The highest BCUT2D eigenvalue weighted by Gasteiger charge is 2.03. The minimum Gasteiger partial charge on any atom is -0.487 e. The van der Waals surface area contributed by atoms with Gasteiger partial charge in [-0.3, -0.25) is 4.68 Å². The highest BCUT2D eigenvalue weighted by molar-refractivity contribution is 5.66. The van der Waals surface area contributed by atoms with E-state index in [1.807, 2.05) is 59.4 Å². The highest BCUT2D eigenvalue weighted by Crippen LogP contribution is 2.16. The third kappa shape index (κ3) is 6.19. The monoisotopic (exact) mass is 424 g/mol. The zero-order valence-corrected chi connectivity index (χ0v) is 17.7. The molecule has 0 aliphatic heterocycles. The Labute approximate surface area is 187 Å². The fraction of sp³-hybridized carbons (Fsp3) is 0.192. The number of aromatic nitrogens is 4. The smallest absolute Gasteiger partial charge is 0.218 e. The number of aryl methyl sites for hydroxylation is 2. The molecule has 0 aliphatic carbocycles. The summed E-state index contributed by atoms with van der Waals surface area (Å²) in [6, 6.07) is 15.9. The molecule has 0 spiro atoms. The Morgan fingerprint density at radius 2 is 1.88 bits per heavy atom. The van der Waals surface area contributed by atoms with Crippen molar-refractivity contribution in [2.45, 2.75) is 32.4 Å². The Bertz CT molecular complexity index is 1170. The summed E-state index contributed by atoms with van der Waals surface area (Å²) in [5, 5.41) is 7.79. The van der Waals surface area contributed by atoms with Crippen molar-refractivity contribution >= 4 is 12.2 Å². The minimum absolute atomic E-state index is 0.353. The van der Waals surface area contributed by atoms with Crippen LogP contribution < -0.4 is 4.74 Å². The first-order valence-electron chi connectivity index (χ1n) is 10.5. The van der Waals surface area contributed by atoms with E-state index >= 15 is 0 Å². The largest absolute Gasteiger partial charge is 0.487 e. The van der Waals surface area contributed by atoms with E-state index in [0.717, 1.165) is 48.4 Å². The second-order valence-corrected chi connectivity index (χ2v) is 7.33. The van der Waals surface area contributed by atoms with Crippen LogP contribution in [0.5, 0.6) is 5.75 Å². The van der Waals surface area contributed by atoms with Crippen molar-refractivity contribution in [3.05, 3.63) is 95.5 Å². The SMILES string of the molecule is C#Cc1ccc(C=Cc2nc(COc3ccc(CCCCn4ccnn4)cc3)co2)cc1. The highest BCUT2D eigenvalue weighted by atomic mass is 16.5. The fourth-order valence-electron chi connectivity index (χ4n) is 3.19. The lowest BCUT2D eigenvalue weighted by atomic mass is 10.1. The molecule has 6 nitrogen and oxygen atoms in total. The zero-order valence-electron chi connectivity index (χ0n) is 17.7. The van der Waals surface area contributed by atoms with Gasteiger partial charge in [0.2, 0.25) is 5.89 Å². The predicted octanol–water partition coefficient (Wildman–Crippen LogP) is 5.02. The molecule has 4 rings (SSSR count). The summed E-state index contributed by atoms with van der Waals surface area (Å²) < 4.78 is 13.2. The molecule has 0 radical (unpaired) electrons. The molecule has 4 aromatic rings. The van der Waals surface area contributed by atoms with Crippen molar-refractivity contribution in [3.8, 4) is 18.1 Å². The van der Waals surface area contributed by atoms with Crippen molar-refractivity contribution in [2.75, 3.05) is 0 Å². The van der Waals surface area contributed by atoms with Crippen LogP contribution in [0.25, 0.3) is 12.2 Å². The first kappa shape index (κ1) is 21.1. The molecule has 0 amide bonds. The normalized spacial score (nSPS) is 11.0. The van der Waals surface area contributed by atoms with E-state index in [2.05, 4.69) is 33.3 Å². The van der Waals surface area contributed by atoms with Gasteiger partial charge in [-0.05, 0) is 60.7 Å². The number of hydrogen-bond donors (Lipinski definition) is 0. The number of terminal acetylenes is 1. The standard InChI is InChI=1S/C26H24N4O2/c1-2-21-6-8-23(9-7-21)12-15-26-28-24(20-32-26)19-31-25-13-10-22(11-14-25)5-3-4-17-30-18-16-27-29-30/h1,6-16,18,20H,3-5,17,19H2. The van der Waals surface area contributed by atoms with Crippen molar-refractivity contribution in [1.29, 1.82) is 0 Å². The summed E-state index contributed by atoms with van der Waals surface area (Å²) in [6.45, 7) is 1.25. The topological polar surface area (TPSA) is 66.0 Å². The number of unbranched alkanes of at least 4 members (excludes halogenated alkanes) is 1. The maximum Gasteiger partial charge on any atom is 0.218 e. The molecule has 0 fully saturated rings. The maximum absolute atomic E-state index is 5.84. The lowest BCUT2D eigenvalue weighted by Crippen LogP contribution is -1.99. The van der Waals surface area contributed by atoms with Gasteiger partial charge in [0.25, 0.3) is 0 Å². The lowest BCUT2D eigenvalue weighted by molar-refractivity contribution is 0.301. The zero-order chi connectivity index (χ0) is 22.0. The number of benzene rings is 2. The molecule has 6 heteroatoms. The van der Waals surface area contributed by atoms with E-state index in [1.165, 1.54) is 5.56 Å². The third-order valence-corrected chi connectivity index (χ3v) is 4.95. The summed E-state index contributed by atoms with van der Waals surface area (Å²) >= 11 is 0. The lowest BCUT2D eigenvalue weighted by Gasteiger charge is -2.06. The van der Waals surface area contributed by atoms with Crippen LogP contribution in [0.15, 0.2) is 71.6 Å². The molecular formula is C26H24N4O2. The van der Waals surface area contributed by atoms with Crippen LogP contribution in [0.1, 0.15) is 41.1 Å². The van der Waals surface area contributed by atoms with Gasteiger partial charge in [-0.1, -0.05) is 35.4 Å². The minimum atomic E-state index is 0.353. The van der Waals surface area contributed by atoms with Crippen molar-refractivity contribution < 1.29 is 9.15 Å². The average molecular weight is 425 g/mol. The second kappa shape index (κ2) is 10.8. The second-order valence-electron chi connectivity index (χ2n) is 7.33. The van der Waals surface area contributed by atoms with Gasteiger partial charge < -0.3 is 9.15 Å². The van der Waals surface area contributed by atoms with Crippen LogP contribution in [-0.2, 0) is 19.6 Å². The van der Waals surface area contributed by atoms with Gasteiger partial charge in [-0.15, -0.1) is 11.5 Å². The average Bonchev–Trinajstić information content (AvgIpc) is 3.52. The first-order chi connectivity index (χ1) is 15.8. The fourth-order valence-corrected chi connectivity index (χ4v) is 3.19. The van der Waals surface area contributed by atoms with Gasteiger partial charge in [0.15, 0.2) is 0 Å². The molecular weight excluding hydrogens is 400 g/mol. The van der Waals surface area contributed by atoms with Gasteiger partial charge in [-0.2, -0.15) is 0 Å². The van der Waals surface area contributed by atoms with E-state index in [4.69, 9.17) is 15.6 Å². The molecule has 0 saturated carbocycles. The maximum atomic E-state index is 5.84. The molecule has 2 heterocycles. The van der Waals surface area contributed by atoms with Crippen molar-refractivity contribution in [1.82, 2.24) is 20.0 Å². The van der Waals surface area contributed by atoms with Crippen molar-refractivity contribution in [3.63, 3.8) is 0 Å². The number of rotatable bonds is 10. The van der Waals surface area contributed by atoms with E-state index in [1.54, 1.807) is 12.5 Å². The van der Waals surface area contributed by atoms with Crippen LogP contribution in [0.3, 0.4) is 0 Å². The molecule has 0 N–H and O–H groups in total. The van der Waals surface area contributed by atoms with E-state index in [0.29, 0.717) is 12.5 Å². The molecule has 2 aromatic carbocycles. The molecule has 0 aliphatic rings. The molecule has 160 valence electrons. The summed E-state index contributed by atoms with van der Waals surface area (Å²) in [7, 11) is 0. The number of nitrogens with zero attached hydrogens (tertiary/aromatic N) is 4. The Hall–Kier alpha value is -4.11. The Balaban J connectivity index is 1.21. The number of oxazole rings is 1. The van der Waals surface area contributed by atoms with Crippen LogP contribution >= 0.6 is 0 Å². The Morgan fingerprint density at radius 3 is 2.62 bits per heavy atom. The van der Waals surface area contributed by atoms with E-state index in [9.17, 15) is 0 Å². The summed E-state index contributed by atoms with van der Waals surface area (Å²) in [6.07, 6.45) is 17.5. The molecule has 2 aromatic heterocycles. The molecule has 0 saturated heterocycles. The van der Waals surface area contributed by atoms with Gasteiger partial charge in [-0.25, -0.2) is 4.98 Å². The summed E-state index contributed by atoms with van der Waals surface area (Å²) in [4.78, 5) is 4.44. The van der Waals surface area contributed by atoms with Gasteiger partial charge in [0.1, 0.15) is 24.3 Å². The van der Waals surface area contributed by atoms with Crippen LogP contribution in [-0.4, -0.2) is 20.0 Å². The number of hydrogen-bond acceptors (Lipinski definition) is 5. The van der Waals surface area contributed by atoms with Crippen LogP contribution in [0, 0.1) is 12.3 Å². The van der Waals surface area contributed by atoms with Gasteiger partial charge >= 0.3 is 0 Å². The first-order valence-corrected chi connectivity index (χ1v) is 10.5. The molecule has 32 heavy (non-hydrogen) atoms. The van der Waals surface area contributed by atoms with E-state index in [-0.39, 0.29) is 0 Å². The Kier molecular flexibility index (Phi) is 7.12. The quantitative estimate of drug-likeness (QED) is 0.264. The third-order valence-electron chi connectivity index (χ3n) is 4.95. The van der Waals surface area contributed by atoms with E-state index < -0.39 is 0 Å².